The van der Waals surface area contributed by atoms with Crippen molar-refractivity contribution < 1.29 is 8.78 Å². The van der Waals surface area contributed by atoms with Gasteiger partial charge in [0.15, 0.2) is 0 Å². The second-order valence-electron chi connectivity index (χ2n) is 2.75. The molecule has 0 saturated carbocycles. The lowest BCUT2D eigenvalue weighted by molar-refractivity contribution is 0.145. The molecule has 0 saturated heterocycles. The first-order chi connectivity index (χ1) is 7.10. The maximum absolute atomic E-state index is 12.5. The summed E-state index contributed by atoms with van der Waals surface area (Å²) in [5.74, 6) is -0.0433. The number of aromatic nitrogens is 1. The molecule has 80 valence electrons. The molecule has 2 nitrogen and oxygen atoms in total. The number of hydrogen-bond acceptors (Lipinski definition) is 2. The monoisotopic (exact) mass is 294 g/mol. The van der Waals surface area contributed by atoms with Crippen molar-refractivity contribution in [3.8, 4) is 6.07 Å². The van der Waals surface area contributed by atoms with Crippen LogP contribution in [-0.2, 0) is 12.3 Å². The van der Waals surface area contributed by atoms with Crippen LogP contribution in [0.3, 0.4) is 0 Å². The van der Waals surface area contributed by atoms with E-state index < -0.39 is 6.43 Å². The summed E-state index contributed by atoms with van der Waals surface area (Å²) < 4.78 is 25.3. The number of halogens is 4. The van der Waals surface area contributed by atoms with E-state index in [-0.39, 0.29) is 28.2 Å². The molecule has 0 fully saturated rings. The van der Waals surface area contributed by atoms with Crippen LogP contribution in [0.15, 0.2) is 10.7 Å². The lowest BCUT2D eigenvalue weighted by atomic mass is 10.1. The van der Waals surface area contributed by atoms with Gasteiger partial charge in [-0.3, -0.25) is 0 Å². The predicted octanol–water partition coefficient (Wildman–Crippen LogP) is 3.59. The Morgan fingerprint density at radius 2 is 2.20 bits per heavy atom. The molecule has 0 unspecified atom stereocenters. The van der Waals surface area contributed by atoms with Gasteiger partial charge in [-0.1, -0.05) is 0 Å². The number of alkyl halides is 3. The zero-order valence-electron chi connectivity index (χ0n) is 7.48. The van der Waals surface area contributed by atoms with Crippen molar-refractivity contribution in [1.82, 2.24) is 4.98 Å². The van der Waals surface area contributed by atoms with Crippen LogP contribution >= 0.6 is 27.5 Å². The molecule has 1 aromatic rings. The van der Waals surface area contributed by atoms with Crippen molar-refractivity contribution in [1.29, 1.82) is 5.26 Å². The van der Waals surface area contributed by atoms with Crippen LogP contribution in [-0.4, -0.2) is 4.98 Å². The molecule has 1 rings (SSSR count). The molecular formula is C9H6BrClF2N2. The Kier molecular flexibility index (Phi) is 4.43. The topological polar surface area (TPSA) is 36.7 Å². The van der Waals surface area contributed by atoms with E-state index >= 15 is 0 Å². The van der Waals surface area contributed by atoms with Crippen molar-refractivity contribution in [2.45, 2.75) is 18.7 Å². The zero-order valence-corrected chi connectivity index (χ0v) is 9.82. The van der Waals surface area contributed by atoms with Gasteiger partial charge in [0.1, 0.15) is 10.3 Å². The minimum atomic E-state index is -2.66. The van der Waals surface area contributed by atoms with Gasteiger partial charge in [-0.25, -0.2) is 13.8 Å². The summed E-state index contributed by atoms with van der Waals surface area (Å²) in [4.78, 5) is 3.69. The molecule has 0 amide bonds. The molecule has 0 bridgehead atoms. The molecule has 1 heterocycles. The minimum absolute atomic E-state index is 0.0433. The Bertz CT molecular complexity index is 404. The predicted molar refractivity (Wildman–Crippen MR) is 55.8 cm³/mol. The van der Waals surface area contributed by atoms with E-state index in [1.165, 1.54) is 6.07 Å². The molecule has 0 aliphatic rings. The summed E-state index contributed by atoms with van der Waals surface area (Å²) in [5.41, 5.74) is 0.497. The molecule has 0 spiro atoms. The van der Waals surface area contributed by atoms with E-state index in [1.54, 1.807) is 0 Å². The standard InChI is InChI=1S/C9H6BrClF2N2/c10-8-5(1-2-14)3-6(4-11)7(15-8)9(12)13/h3,9H,1,4H2. The van der Waals surface area contributed by atoms with E-state index in [0.29, 0.717) is 5.56 Å². The van der Waals surface area contributed by atoms with Gasteiger partial charge >= 0.3 is 0 Å². The molecule has 0 aromatic carbocycles. The number of hydrogen-bond donors (Lipinski definition) is 0. The van der Waals surface area contributed by atoms with Gasteiger partial charge in [-0.05, 0) is 33.1 Å². The first kappa shape index (κ1) is 12.3. The van der Waals surface area contributed by atoms with Crippen LogP contribution in [0, 0.1) is 11.3 Å². The van der Waals surface area contributed by atoms with Crippen molar-refractivity contribution in [3.63, 3.8) is 0 Å². The molecule has 6 heteroatoms. The zero-order chi connectivity index (χ0) is 11.4. The number of nitriles is 1. The number of nitrogens with zero attached hydrogens (tertiary/aromatic N) is 2. The van der Waals surface area contributed by atoms with Gasteiger partial charge in [0, 0.05) is 5.88 Å². The summed E-state index contributed by atoms with van der Waals surface area (Å²) in [7, 11) is 0. The second-order valence-corrected chi connectivity index (χ2v) is 3.77. The fourth-order valence-corrected chi connectivity index (χ4v) is 1.76. The molecule has 15 heavy (non-hydrogen) atoms. The smallest absolute Gasteiger partial charge is 0.239 e. The molecule has 0 aliphatic carbocycles. The van der Waals surface area contributed by atoms with E-state index in [1.807, 2.05) is 6.07 Å². The molecule has 0 aliphatic heterocycles. The van der Waals surface area contributed by atoms with Crippen molar-refractivity contribution >= 4 is 27.5 Å². The van der Waals surface area contributed by atoms with Gasteiger partial charge in [-0.15, -0.1) is 11.6 Å². The highest BCUT2D eigenvalue weighted by Gasteiger charge is 2.17. The summed E-state index contributed by atoms with van der Waals surface area (Å²) in [5, 5.41) is 8.51. The summed E-state index contributed by atoms with van der Waals surface area (Å²) in [6.07, 6.45) is -2.55. The Morgan fingerprint density at radius 3 is 2.67 bits per heavy atom. The van der Waals surface area contributed by atoms with Crippen LogP contribution in [0.25, 0.3) is 0 Å². The van der Waals surface area contributed by atoms with Crippen LogP contribution in [0.1, 0.15) is 23.2 Å². The molecular weight excluding hydrogens is 289 g/mol. The quantitative estimate of drug-likeness (QED) is 0.631. The molecule has 1 aromatic heterocycles. The third-order valence-electron chi connectivity index (χ3n) is 1.78. The minimum Gasteiger partial charge on any atom is -0.239 e. The van der Waals surface area contributed by atoms with Crippen LogP contribution < -0.4 is 0 Å². The average Bonchev–Trinajstić information content (AvgIpc) is 2.20. The lowest BCUT2D eigenvalue weighted by Crippen LogP contribution is -2.00. The van der Waals surface area contributed by atoms with Gasteiger partial charge in [0.25, 0.3) is 6.43 Å². The number of rotatable bonds is 3. The second kappa shape index (κ2) is 5.38. The summed E-state index contributed by atoms with van der Waals surface area (Å²) in [6, 6.07) is 3.41. The van der Waals surface area contributed by atoms with Gasteiger partial charge in [0.2, 0.25) is 0 Å². The fraction of sp³-hybridized carbons (Fsp3) is 0.333. The maximum Gasteiger partial charge on any atom is 0.280 e. The fourth-order valence-electron chi connectivity index (χ4n) is 1.10. The highest BCUT2D eigenvalue weighted by atomic mass is 79.9. The van der Waals surface area contributed by atoms with Gasteiger partial charge < -0.3 is 0 Å². The highest BCUT2D eigenvalue weighted by Crippen LogP contribution is 2.27. The van der Waals surface area contributed by atoms with Crippen LogP contribution in [0.2, 0.25) is 0 Å². The summed E-state index contributed by atoms with van der Waals surface area (Å²) >= 11 is 8.57. The maximum atomic E-state index is 12.5. The van der Waals surface area contributed by atoms with Gasteiger partial charge in [-0.2, -0.15) is 5.26 Å². The van der Waals surface area contributed by atoms with E-state index in [2.05, 4.69) is 20.9 Å². The Morgan fingerprint density at radius 1 is 1.53 bits per heavy atom. The van der Waals surface area contributed by atoms with E-state index in [4.69, 9.17) is 16.9 Å². The van der Waals surface area contributed by atoms with Crippen molar-refractivity contribution in [3.05, 3.63) is 27.5 Å². The lowest BCUT2D eigenvalue weighted by Gasteiger charge is -2.08. The third kappa shape index (κ3) is 2.86. The number of pyridine rings is 1. The van der Waals surface area contributed by atoms with Crippen molar-refractivity contribution in [2.75, 3.05) is 0 Å². The average molecular weight is 296 g/mol. The van der Waals surface area contributed by atoms with Gasteiger partial charge in [0.05, 0.1) is 12.5 Å². The summed E-state index contributed by atoms with van der Waals surface area (Å²) in [6.45, 7) is 0. The molecule has 0 N–H and O–H groups in total. The molecule has 0 radical (unpaired) electrons. The Labute approximate surface area is 99.0 Å². The first-order valence-electron chi connectivity index (χ1n) is 3.99. The van der Waals surface area contributed by atoms with Crippen molar-refractivity contribution in [2.24, 2.45) is 0 Å². The van der Waals surface area contributed by atoms with Crippen LogP contribution in [0.4, 0.5) is 8.78 Å². The normalized spacial score (nSPS) is 10.4. The SMILES string of the molecule is N#CCc1cc(CCl)c(C(F)F)nc1Br. The van der Waals surface area contributed by atoms with E-state index in [0.717, 1.165) is 0 Å². The highest BCUT2D eigenvalue weighted by molar-refractivity contribution is 9.10. The van der Waals surface area contributed by atoms with E-state index in [9.17, 15) is 8.78 Å². The Hall–Kier alpha value is -0.730. The molecule has 0 atom stereocenters. The van der Waals surface area contributed by atoms with Crippen LogP contribution in [0.5, 0.6) is 0 Å². The third-order valence-corrected chi connectivity index (χ3v) is 2.76. The first-order valence-corrected chi connectivity index (χ1v) is 5.32. The Balaban J connectivity index is 3.24. The largest absolute Gasteiger partial charge is 0.280 e.